The fraction of sp³-hybridized carbons (Fsp3) is 0.412. The first-order valence-electron chi connectivity index (χ1n) is 8.13. The summed E-state index contributed by atoms with van der Waals surface area (Å²) in [6, 6.07) is 6.50. The highest BCUT2D eigenvalue weighted by molar-refractivity contribution is 5.45. The van der Waals surface area contributed by atoms with Gasteiger partial charge >= 0.3 is 0 Å². The minimum Gasteiger partial charge on any atom is -0.591 e. The molecule has 1 fully saturated rings. The van der Waals surface area contributed by atoms with E-state index in [0.29, 0.717) is 24.5 Å². The molecule has 0 saturated carbocycles. The maximum Gasteiger partial charge on any atom is 0.291 e. The molecule has 0 radical (unpaired) electrons. The Hall–Kier alpha value is -2.54. The molecule has 2 N–H and O–H groups in total. The zero-order valence-electron chi connectivity index (χ0n) is 13.6. The molecule has 1 saturated heterocycles. The largest absolute Gasteiger partial charge is 0.591 e. The van der Waals surface area contributed by atoms with Crippen LogP contribution in [0.15, 0.2) is 30.6 Å². The molecular weight excluding hydrogens is 308 g/mol. The Morgan fingerprint density at radius 3 is 2.50 bits per heavy atom. The van der Waals surface area contributed by atoms with Gasteiger partial charge < -0.3 is 19.5 Å². The lowest BCUT2D eigenvalue weighted by atomic mass is 10.1. The standard InChI is InChI=1S/C17H20N4O3/c1-12(13-2-3-15-16(8-13)24-11-23-15)20-4-6-21(7-5-20)17-18-9-14(22)10-19-17/h2-3,8-10,12,22H,4-7,11H2,1H3/p+1/t12-/m0/s1. The second-order valence-electron chi connectivity index (χ2n) is 6.08. The van der Waals surface area contributed by atoms with Crippen LogP contribution in [0.2, 0.25) is 0 Å². The second kappa shape index (κ2) is 6.16. The molecule has 4 rings (SSSR count). The second-order valence-corrected chi connectivity index (χ2v) is 6.08. The van der Waals surface area contributed by atoms with Crippen LogP contribution in [0.3, 0.4) is 0 Å². The highest BCUT2D eigenvalue weighted by Crippen LogP contribution is 2.35. The summed E-state index contributed by atoms with van der Waals surface area (Å²) in [5, 5.41) is 7.47. The molecule has 2 aliphatic rings. The van der Waals surface area contributed by atoms with Crippen molar-refractivity contribution in [2.24, 2.45) is 0 Å². The van der Waals surface area contributed by atoms with Gasteiger partial charge in [-0.2, -0.15) is 0 Å². The van der Waals surface area contributed by atoms with Crippen molar-refractivity contribution in [1.82, 2.24) is 14.9 Å². The Bertz CT molecular complexity index is 714. The van der Waals surface area contributed by atoms with Crippen molar-refractivity contribution in [3.8, 4) is 17.2 Å². The third-order valence-corrected chi connectivity index (χ3v) is 4.66. The van der Waals surface area contributed by atoms with Gasteiger partial charge in [-0.05, 0) is 24.6 Å². The molecule has 1 aromatic carbocycles. The molecule has 0 unspecified atom stereocenters. The van der Waals surface area contributed by atoms with Gasteiger partial charge in [0.1, 0.15) is 12.4 Å². The fourth-order valence-electron chi connectivity index (χ4n) is 3.18. The van der Waals surface area contributed by atoms with E-state index in [1.54, 1.807) is 12.4 Å². The number of rotatable bonds is 3. The average molecular weight is 329 g/mol. The number of hydrogen-bond donors (Lipinski definition) is 0. The summed E-state index contributed by atoms with van der Waals surface area (Å²) in [6.45, 7) is 6.18. The van der Waals surface area contributed by atoms with Crippen molar-refractivity contribution < 1.29 is 14.6 Å². The van der Waals surface area contributed by atoms with Crippen molar-refractivity contribution in [3.05, 3.63) is 36.2 Å². The van der Waals surface area contributed by atoms with Crippen LogP contribution in [-0.4, -0.2) is 52.9 Å². The van der Waals surface area contributed by atoms with E-state index in [1.165, 1.54) is 5.56 Å². The van der Waals surface area contributed by atoms with Crippen molar-refractivity contribution in [2.45, 2.75) is 13.0 Å². The van der Waals surface area contributed by atoms with E-state index >= 15 is 0 Å². The maximum atomic E-state index is 7.47. The van der Waals surface area contributed by atoms with Gasteiger partial charge in [-0.3, -0.25) is 4.90 Å². The Morgan fingerprint density at radius 2 is 1.75 bits per heavy atom. The Labute approximate surface area is 140 Å². The molecule has 2 aromatic rings. The van der Waals surface area contributed by atoms with Crippen molar-refractivity contribution >= 4 is 5.95 Å². The lowest BCUT2D eigenvalue weighted by Gasteiger charge is -2.38. The van der Waals surface area contributed by atoms with Gasteiger partial charge in [0.25, 0.3) is 5.75 Å². The number of aromatic nitrogens is 2. The SMILES string of the molecule is C[C@@H](c1ccc2c(c1)OCO2)N1CCN(c2ncc([OH2+])cn2)CC1. The topological polar surface area (TPSA) is 73.6 Å². The molecule has 1 aromatic heterocycles. The highest BCUT2D eigenvalue weighted by atomic mass is 16.7. The van der Waals surface area contributed by atoms with Crippen LogP contribution in [0.1, 0.15) is 18.5 Å². The van der Waals surface area contributed by atoms with Crippen LogP contribution in [-0.2, 0) is 0 Å². The van der Waals surface area contributed by atoms with Gasteiger partial charge in [0.2, 0.25) is 12.7 Å². The maximum absolute atomic E-state index is 7.47. The fourth-order valence-corrected chi connectivity index (χ4v) is 3.18. The van der Waals surface area contributed by atoms with Crippen molar-refractivity contribution in [2.75, 3.05) is 37.9 Å². The van der Waals surface area contributed by atoms with E-state index in [2.05, 4.69) is 38.8 Å². The van der Waals surface area contributed by atoms with Crippen molar-refractivity contribution in [3.63, 3.8) is 0 Å². The molecule has 2 aliphatic heterocycles. The first-order valence-corrected chi connectivity index (χ1v) is 8.13. The average Bonchev–Trinajstić information content (AvgIpc) is 3.09. The van der Waals surface area contributed by atoms with Crippen LogP contribution in [0.25, 0.3) is 0 Å². The molecule has 1 atom stereocenters. The van der Waals surface area contributed by atoms with Gasteiger partial charge in [0.05, 0.1) is 0 Å². The number of benzene rings is 1. The monoisotopic (exact) mass is 329 g/mol. The number of piperazine rings is 1. The number of nitrogens with zero attached hydrogens (tertiary/aromatic N) is 4. The number of anilines is 1. The zero-order chi connectivity index (χ0) is 16.5. The Morgan fingerprint density at radius 1 is 1.04 bits per heavy atom. The van der Waals surface area contributed by atoms with Crippen LogP contribution in [0.5, 0.6) is 17.2 Å². The normalized spacial score (nSPS) is 18.6. The summed E-state index contributed by atoms with van der Waals surface area (Å²) in [5.41, 5.74) is 1.24. The lowest BCUT2D eigenvalue weighted by molar-refractivity contribution is 0.173. The first kappa shape index (κ1) is 15.0. The van der Waals surface area contributed by atoms with E-state index < -0.39 is 0 Å². The molecular formula is C17H21N4O3+. The highest BCUT2D eigenvalue weighted by Gasteiger charge is 2.25. The summed E-state index contributed by atoms with van der Waals surface area (Å²) in [5.74, 6) is 2.71. The van der Waals surface area contributed by atoms with Crippen LogP contribution >= 0.6 is 0 Å². The van der Waals surface area contributed by atoms with E-state index in [4.69, 9.17) is 14.6 Å². The third kappa shape index (κ3) is 2.82. The predicted molar refractivity (Wildman–Crippen MR) is 89.9 cm³/mol. The van der Waals surface area contributed by atoms with E-state index in [0.717, 1.165) is 37.7 Å². The van der Waals surface area contributed by atoms with Gasteiger partial charge in [-0.1, -0.05) is 6.07 Å². The first-order chi connectivity index (χ1) is 11.7. The summed E-state index contributed by atoms with van der Waals surface area (Å²) >= 11 is 0. The van der Waals surface area contributed by atoms with Crippen LogP contribution in [0.4, 0.5) is 5.95 Å². The number of fused-ring (bicyclic) bond motifs is 1. The van der Waals surface area contributed by atoms with Crippen LogP contribution in [0, 0.1) is 0 Å². The quantitative estimate of drug-likeness (QED) is 0.795. The Kier molecular flexibility index (Phi) is 3.86. The molecule has 7 nitrogen and oxygen atoms in total. The summed E-state index contributed by atoms with van der Waals surface area (Å²) in [4.78, 5) is 13.1. The van der Waals surface area contributed by atoms with Crippen LogP contribution < -0.4 is 14.4 Å². The summed E-state index contributed by atoms with van der Waals surface area (Å²) in [6.07, 6.45) is 3.09. The minimum absolute atomic E-state index is 0.308. The number of ether oxygens (including phenoxy) is 2. The van der Waals surface area contributed by atoms with Gasteiger partial charge in [-0.25, -0.2) is 9.97 Å². The van der Waals surface area contributed by atoms with Gasteiger partial charge in [0, 0.05) is 32.2 Å². The molecule has 0 amide bonds. The predicted octanol–water partition coefficient (Wildman–Crippen LogP) is 1.53. The molecule has 0 spiro atoms. The van der Waals surface area contributed by atoms with E-state index in [-0.39, 0.29) is 0 Å². The molecule has 126 valence electrons. The molecule has 3 heterocycles. The molecule has 0 bridgehead atoms. The smallest absolute Gasteiger partial charge is 0.291 e. The molecule has 7 heteroatoms. The number of hydrogen-bond acceptors (Lipinski definition) is 6. The lowest BCUT2D eigenvalue weighted by Crippen LogP contribution is -2.47. The molecule has 24 heavy (non-hydrogen) atoms. The minimum atomic E-state index is 0.308. The Balaban J connectivity index is 1.41. The van der Waals surface area contributed by atoms with E-state index in [1.807, 2.05) is 6.07 Å². The summed E-state index contributed by atoms with van der Waals surface area (Å²) in [7, 11) is 0. The zero-order valence-corrected chi connectivity index (χ0v) is 13.6. The van der Waals surface area contributed by atoms with Gasteiger partial charge in [-0.15, -0.1) is 0 Å². The van der Waals surface area contributed by atoms with E-state index in [9.17, 15) is 0 Å². The summed E-state index contributed by atoms with van der Waals surface area (Å²) < 4.78 is 10.9. The third-order valence-electron chi connectivity index (χ3n) is 4.66. The molecule has 0 aliphatic carbocycles. The van der Waals surface area contributed by atoms with Crippen molar-refractivity contribution in [1.29, 1.82) is 0 Å². The van der Waals surface area contributed by atoms with Gasteiger partial charge in [0.15, 0.2) is 11.5 Å².